The lowest BCUT2D eigenvalue weighted by Gasteiger charge is -2.16. The number of likely N-dealkylation sites (tertiary alicyclic amines) is 1. The van der Waals surface area contributed by atoms with E-state index in [2.05, 4.69) is 0 Å². The summed E-state index contributed by atoms with van der Waals surface area (Å²) in [6.45, 7) is 1.44. The van der Waals surface area contributed by atoms with E-state index in [0.29, 0.717) is 5.57 Å². The Bertz CT molecular complexity index is 319. The highest BCUT2D eigenvalue weighted by atomic mass is 16.3. The molecule has 0 spiro atoms. The van der Waals surface area contributed by atoms with Gasteiger partial charge in [-0.05, 0) is 26.2 Å². The van der Waals surface area contributed by atoms with Gasteiger partial charge in [0.05, 0.1) is 5.92 Å². The van der Waals surface area contributed by atoms with E-state index in [1.54, 1.807) is 0 Å². The maximum atomic E-state index is 11.7. The largest absolute Gasteiger partial charge is 0.373 e. The molecule has 1 N–H and O–H groups in total. The molecule has 2 unspecified atom stereocenters. The van der Waals surface area contributed by atoms with Crippen molar-refractivity contribution in [2.24, 2.45) is 5.92 Å². The lowest BCUT2D eigenvalue weighted by molar-refractivity contribution is -0.148. The number of fused-ring (bicyclic) bond motifs is 1. The van der Waals surface area contributed by atoms with Gasteiger partial charge in [-0.25, -0.2) is 0 Å². The fourth-order valence-electron chi connectivity index (χ4n) is 2.13. The molecule has 2 aliphatic rings. The van der Waals surface area contributed by atoms with Gasteiger partial charge in [-0.1, -0.05) is 6.08 Å². The number of carbonyl (C=O) groups excluding carboxylic acids is 2. The van der Waals surface area contributed by atoms with Gasteiger partial charge in [-0.3, -0.25) is 14.5 Å². The van der Waals surface area contributed by atoms with Gasteiger partial charge in [0.25, 0.3) is 5.91 Å². The summed E-state index contributed by atoms with van der Waals surface area (Å²) < 4.78 is 0. The molecule has 1 aliphatic heterocycles. The van der Waals surface area contributed by atoms with Gasteiger partial charge in [0.1, 0.15) is 6.23 Å². The Hall–Kier alpha value is -1.16. The third-order valence-electron chi connectivity index (χ3n) is 2.81. The first-order valence-corrected chi connectivity index (χ1v) is 4.88. The second-order valence-electron chi connectivity index (χ2n) is 3.79. The first-order chi connectivity index (χ1) is 6.63. The van der Waals surface area contributed by atoms with Crippen LogP contribution in [0, 0.1) is 5.92 Å². The van der Waals surface area contributed by atoms with Crippen LogP contribution < -0.4 is 0 Å². The fourth-order valence-corrected chi connectivity index (χ4v) is 2.13. The summed E-state index contributed by atoms with van der Waals surface area (Å²) in [6.07, 6.45) is 3.36. The summed E-state index contributed by atoms with van der Waals surface area (Å²) in [5.41, 5.74) is 0.585. The van der Waals surface area contributed by atoms with Crippen molar-refractivity contribution >= 4 is 11.8 Å². The number of nitrogens with zero attached hydrogens (tertiary/aromatic N) is 1. The highest BCUT2D eigenvalue weighted by Crippen LogP contribution is 2.34. The molecule has 4 nitrogen and oxygen atoms in total. The van der Waals surface area contributed by atoms with Gasteiger partial charge in [0.15, 0.2) is 0 Å². The predicted octanol–water partition coefficient (Wildman–Crippen LogP) is 0.420. The van der Waals surface area contributed by atoms with Crippen molar-refractivity contribution < 1.29 is 14.7 Å². The van der Waals surface area contributed by atoms with Crippen LogP contribution in [0.25, 0.3) is 0 Å². The minimum atomic E-state index is -1.01. The lowest BCUT2D eigenvalue weighted by Crippen LogP contribution is -2.38. The summed E-state index contributed by atoms with van der Waals surface area (Å²) in [7, 11) is 0. The molecular weight excluding hydrogens is 182 g/mol. The summed E-state index contributed by atoms with van der Waals surface area (Å²) >= 11 is 0. The van der Waals surface area contributed by atoms with Gasteiger partial charge in [0, 0.05) is 5.57 Å². The van der Waals surface area contributed by atoms with Crippen molar-refractivity contribution in [1.82, 2.24) is 4.90 Å². The number of carbonyl (C=O) groups is 2. The molecule has 4 heteroatoms. The van der Waals surface area contributed by atoms with E-state index in [1.807, 2.05) is 6.08 Å². The third-order valence-corrected chi connectivity index (χ3v) is 2.81. The van der Waals surface area contributed by atoms with Crippen LogP contribution in [0.1, 0.15) is 26.2 Å². The Kier molecular flexibility index (Phi) is 2.15. The lowest BCUT2D eigenvalue weighted by atomic mass is 9.90. The van der Waals surface area contributed by atoms with E-state index < -0.39 is 6.23 Å². The Morgan fingerprint density at radius 2 is 2.29 bits per heavy atom. The molecule has 0 bridgehead atoms. The molecule has 14 heavy (non-hydrogen) atoms. The van der Waals surface area contributed by atoms with Crippen LogP contribution in [0.5, 0.6) is 0 Å². The number of allylic oxidation sites excluding steroid dienone is 1. The minimum absolute atomic E-state index is 0.240. The van der Waals surface area contributed by atoms with Crippen LogP contribution in [0.2, 0.25) is 0 Å². The number of rotatable bonds is 1. The maximum absolute atomic E-state index is 11.7. The second-order valence-corrected chi connectivity index (χ2v) is 3.79. The van der Waals surface area contributed by atoms with Crippen molar-refractivity contribution in [2.75, 3.05) is 0 Å². The average molecular weight is 195 g/mol. The van der Waals surface area contributed by atoms with Crippen LogP contribution in [-0.4, -0.2) is 28.0 Å². The molecule has 0 aromatic carbocycles. The molecule has 1 heterocycles. The summed E-state index contributed by atoms with van der Waals surface area (Å²) in [4.78, 5) is 24.3. The number of imide groups is 1. The zero-order chi connectivity index (χ0) is 10.3. The van der Waals surface area contributed by atoms with Crippen molar-refractivity contribution in [1.29, 1.82) is 0 Å². The van der Waals surface area contributed by atoms with Gasteiger partial charge in [-0.2, -0.15) is 0 Å². The average Bonchev–Trinajstić information content (AvgIpc) is 2.41. The predicted molar refractivity (Wildman–Crippen MR) is 49.0 cm³/mol. The molecule has 0 saturated carbocycles. The number of aliphatic hydroxyl groups excluding tert-OH is 1. The van der Waals surface area contributed by atoms with Gasteiger partial charge in [-0.15, -0.1) is 0 Å². The first-order valence-electron chi connectivity index (χ1n) is 4.88. The van der Waals surface area contributed by atoms with E-state index in [0.717, 1.165) is 24.2 Å². The topological polar surface area (TPSA) is 57.6 Å². The van der Waals surface area contributed by atoms with E-state index >= 15 is 0 Å². The van der Waals surface area contributed by atoms with Gasteiger partial charge >= 0.3 is 0 Å². The summed E-state index contributed by atoms with van der Waals surface area (Å²) in [5, 5.41) is 9.30. The Labute approximate surface area is 82.2 Å². The molecule has 76 valence electrons. The second kappa shape index (κ2) is 3.20. The molecule has 1 aliphatic carbocycles. The number of hydrogen-bond donors (Lipinski definition) is 1. The molecule has 2 atom stereocenters. The van der Waals surface area contributed by atoms with Gasteiger partial charge in [0.2, 0.25) is 5.91 Å². The summed E-state index contributed by atoms with van der Waals surface area (Å²) in [6, 6.07) is 0. The first kappa shape index (κ1) is 9.40. The number of hydrogen-bond acceptors (Lipinski definition) is 3. The monoisotopic (exact) mass is 195 g/mol. The van der Waals surface area contributed by atoms with Crippen LogP contribution in [0.3, 0.4) is 0 Å². The van der Waals surface area contributed by atoms with Crippen LogP contribution >= 0.6 is 0 Å². The van der Waals surface area contributed by atoms with Crippen molar-refractivity contribution in [3.63, 3.8) is 0 Å². The van der Waals surface area contributed by atoms with Gasteiger partial charge < -0.3 is 5.11 Å². The normalized spacial score (nSPS) is 28.9. The zero-order valence-electron chi connectivity index (χ0n) is 8.06. The Morgan fingerprint density at radius 1 is 1.57 bits per heavy atom. The summed E-state index contributed by atoms with van der Waals surface area (Å²) in [5.74, 6) is -0.837. The highest BCUT2D eigenvalue weighted by Gasteiger charge is 2.45. The molecular formula is C10H13NO3. The molecule has 2 rings (SSSR count). The van der Waals surface area contributed by atoms with E-state index in [4.69, 9.17) is 0 Å². The smallest absolute Gasteiger partial charge is 0.259 e. The van der Waals surface area contributed by atoms with Crippen LogP contribution in [-0.2, 0) is 9.59 Å². The van der Waals surface area contributed by atoms with Crippen molar-refractivity contribution in [3.8, 4) is 0 Å². The Balaban J connectivity index is 2.35. The van der Waals surface area contributed by atoms with E-state index in [9.17, 15) is 14.7 Å². The molecule has 0 aromatic heterocycles. The quantitative estimate of drug-likeness (QED) is 0.617. The van der Waals surface area contributed by atoms with E-state index in [1.165, 1.54) is 6.92 Å². The number of amides is 2. The third kappa shape index (κ3) is 1.18. The molecule has 1 saturated heterocycles. The molecule has 1 fully saturated rings. The SMILES string of the molecule is CC(O)N1C(=O)C2=CCCCC2C1=O. The highest BCUT2D eigenvalue weighted by molar-refractivity contribution is 6.15. The van der Waals surface area contributed by atoms with Crippen LogP contribution in [0.4, 0.5) is 0 Å². The molecule has 0 radical (unpaired) electrons. The van der Waals surface area contributed by atoms with Crippen LogP contribution in [0.15, 0.2) is 11.6 Å². The fraction of sp³-hybridized carbons (Fsp3) is 0.600. The minimum Gasteiger partial charge on any atom is -0.373 e. The standard InChI is InChI=1S/C10H13NO3/c1-6(12)11-9(13)7-4-2-3-5-8(7)10(11)14/h4,6,8,12H,2-3,5H2,1H3. The molecule has 2 amide bonds. The van der Waals surface area contributed by atoms with Crippen molar-refractivity contribution in [2.45, 2.75) is 32.4 Å². The molecule has 0 aromatic rings. The van der Waals surface area contributed by atoms with Crippen molar-refractivity contribution in [3.05, 3.63) is 11.6 Å². The number of aliphatic hydroxyl groups is 1. The maximum Gasteiger partial charge on any atom is 0.259 e. The van der Waals surface area contributed by atoms with E-state index in [-0.39, 0.29) is 17.7 Å². The Morgan fingerprint density at radius 3 is 2.86 bits per heavy atom. The zero-order valence-corrected chi connectivity index (χ0v) is 8.06.